The van der Waals surface area contributed by atoms with Crippen LogP contribution in [0.25, 0.3) is 0 Å². The SMILES string of the molecule is O=C(O)[C@H]1CCCN1C(=O)C(CS)C(F)(F)F. The third kappa shape index (κ3) is 3.05. The molecule has 1 aliphatic heterocycles. The number of hydrogen-bond donors (Lipinski definition) is 2. The van der Waals surface area contributed by atoms with Crippen molar-refractivity contribution in [1.82, 2.24) is 4.90 Å². The van der Waals surface area contributed by atoms with Crippen molar-refractivity contribution in [3.05, 3.63) is 0 Å². The minimum absolute atomic E-state index is 0.0517. The van der Waals surface area contributed by atoms with Crippen LogP contribution in [0.3, 0.4) is 0 Å². The van der Waals surface area contributed by atoms with Crippen LogP contribution in [-0.4, -0.2) is 46.4 Å². The maximum atomic E-state index is 12.5. The topological polar surface area (TPSA) is 57.6 Å². The van der Waals surface area contributed by atoms with Gasteiger partial charge in [0.25, 0.3) is 0 Å². The number of carboxylic acid groups (broad SMARTS) is 1. The maximum Gasteiger partial charge on any atom is 0.401 e. The highest BCUT2D eigenvalue weighted by Gasteiger charge is 2.48. The first-order valence-electron chi connectivity index (χ1n) is 5.00. The number of carbonyl (C=O) groups excluding carboxylic acids is 1. The van der Waals surface area contributed by atoms with E-state index in [9.17, 15) is 22.8 Å². The summed E-state index contributed by atoms with van der Waals surface area (Å²) < 4.78 is 37.5. The third-order valence-corrected chi connectivity index (χ3v) is 3.06. The van der Waals surface area contributed by atoms with Crippen molar-refractivity contribution in [2.75, 3.05) is 12.3 Å². The van der Waals surface area contributed by atoms with Gasteiger partial charge in [-0.2, -0.15) is 25.8 Å². The largest absolute Gasteiger partial charge is 0.480 e. The monoisotopic (exact) mass is 271 g/mol. The molecule has 1 amide bonds. The molecular weight excluding hydrogens is 259 g/mol. The van der Waals surface area contributed by atoms with E-state index in [4.69, 9.17) is 5.11 Å². The van der Waals surface area contributed by atoms with Crippen LogP contribution in [0.5, 0.6) is 0 Å². The van der Waals surface area contributed by atoms with E-state index in [2.05, 4.69) is 12.6 Å². The van der Waals surface area contributed by atoms with Gasteiger partial charge in [0, 0.05) is 12.3 Å². The number of likely N-dealkylation sites (tertiary alicyclic amines) is 1. The molecular formula is C9H12F3NO3S. The number of nitrogens with zero attached hydrogens (tertiary/aromatic N) is 1. The molecule has 0 saturated carbocycles. The first kappa shape index (κ1) is 14.1. The van der Waals surface area contributed by atoms with E-state index < -0.39 is 35.8 Å². The molecule has 0 aromatic carbocycles. The van der Waals surface area contributed by atoms with E-state index in [0.717, 1.165) is 4.90 Å². The third-order valence-electron chi connectivity index (χ3n) is 2.70. The fraction of sp³-hybridized carbons (Fsp3) is 0.778. The highest BCUT2D eigenvalue weighted by atomic mass is 32.1. The molecule has 1 aliphatic rings. The molecule has 17 heavy (non-hydrogen) atoms. The summed E-state index contributed by atoms with van der Waals surface area (Å²) in [5.74, 6) is -5.37. The van der Waals surface area contributed by atoms with Gasteiger partial charge in [0.2, 0.25) is 5.91 Å². The summed E-state index contributed by atoms with van der Waals surface area (Å²) in [5, 5.41) is 8.80. The fourth-order valence-corrected chi connectivity index (χ4v) is 2.17. The van der Waals surface area contributed by atoms with Crippen LogP contribution in [0.1, 0.15) is 12.8 Å². The number of halogens is 3. The molecule has 1 saturated heterocycles. The average Bonchev–Trinajstić information content (AvgIpc) is 2.64. The zero-order chi connectivity index (χ0) is 13.2. The lowest BCUT2D eigenvalue weighted by Crippen LogP contribution is -2.47. The van der Waals surface area contributed by atoms with E-state index >= 15 is 0 Å². The quantitative estimate of drug-likeness (QED) is 0.758. The van der Waals surface area contributed by atoms with Gasteiger partial charge in [-0.05, 0) is 12.8 Å². The lowest BCUT2D eigenvalue weighted by molar-refractivity contribution is -0.186. The maximum absolute atomic E-state index is 12.5. The van der Waals surface area contributed by atoms with Crippen LogP contribution >= 0.6 is 12.6 Å². The van der Waals surface area contributed by atoms with Crippen LogP contribution in [0, 0.1) is 5.92 Å². The molecule has 1 fully saturated rings. The van der Waals surface area contributed by atoms with Gasteiger partial charge in [-0.15, -0.1) is 0 Å². The fourth-order valence-electron chi connectivity index (χ4n) is 1.81. The Hall–Kier alpha value is -0.920. The Morgan fingerprint density at radius 1 is 1.47 bits per heavy atom. The summed E-state index contributed by atoms with van der Waals surface area (Å²) in [6.07, 6.45) is -4.09. The molecule has 1 heterocycles. The number of aliphatic carboxylic acids is 1. The normalized spacial score (nSPS) is 22.6. The molecule has 0 aliphatic carbocycles. The minimum Gasteiger partial charge on any atom is -0.480 e. The molecule has 2 atom stereocenters. The first-order chi connectivity index (χ1) is 7.79. The zero-order valence-corrected chi connectivity index (χ0v) is 9.67. The molecule has 0 aromatic rings. The highest BCUT2D eigenvalue weighted by Crippen LogP contribution is 2.31. The predicted molar refractivity (Wildman–Crippen MR) is 55.8 cm³/mol. The lowest BCUT2D eigenvalue weighted by atomic mass is 10.1. The van der Waals surface area contributed by atoms with E-state index in [1.54, 1.807) is 0 Å². The van der Waals surface area contributed by atoms with E-state index in [0.29, 0.717) is 6.42 Å². The lowest BCUT2D eigenvalue weighted by Gasteiger charge is -2.27. The molecule has 0 radical (unpaired) electrons. The Morgan fingerprint density at radius 3 is 2.47 bits per heavy atom. The molecule has 4 nitrogen and oxygen atoms in total. The smallest absolute Gasteiger partial charge is 0.401 e. The standard InChI is InChI=1S/C9H12F3NO3S/c10-9(11,12)5(4-17)7(14)13-3-1-2-6(13)8(15)16/h5-6,17H,1-4H2,(H,15,16)/t5?,6-/m1/s1. The van der Waals surface area contributed by atoms with E-state index in [1.165, 1.54) is 0 Å². The Balaban J connectivity index is 2.84. The van der Waals surface area contributed by atoms with Crippen LogP contribution < -0.4 is 0 Å². The number of alkyl halides is 3. The van der Waals surface area contributed by atoms with Gasteiger partial charge in [0.05, 0.1) is 0 Å². The number of hydrogen-bond acceptors (Lipinski definition) is 3. The van der Waals surface area contributed by atoms with Crippen molar-refractivity contribution in [2.45, 2.75) is 25.1 Å². The second kappa shape index (κ2) is 5.16. The van der Waals surface area contributed by atoms with Gasteiger partial charge in [0.15, 0.2) is 0 Å². The number of amides is 1. The summed E-state index contributed by atoms with van der Waals surface area (Å²) in [6.45, 7) is 0.0517. The summed E-state index contributed by atoms with van der Waals surface area (Å²) >= 11 is 3.51. The molecule has 1 N–H and O–H groups in total. The first-order valence-corrected chi connectivity index (χ1v) is 5.63. The van der Waals surface area contributed by atoms with Gasteiger partial charge in [-0.3, -0.25) is 4.79 Å². The molecule has 0 bridgehead atoms. The Bertz CT molecular complexity index is 321. The van der Waals surface area contributed by atoms with Crippen molar-refractivity contribution in [3.8, 4) is 0 Å². The molecule has 98 valence electrons. The Kier molecular flexibility index (Phi) is 4.29. The summed E-state index contributed by atoms with van der Waals surface area (Å²) in [4.78, 5) is 23.2. The zero-order valence-electron chi connectivity index (χ0n) is 8.78. The molecule has 1 rings (SSSR count). The Morgan fingerprint density at radius 2 is 2.06 bits per heavy atom. The second-order valence-corrected chi connectivity index (χ2v) is 4.17. The van der Waals surface area contributed by atoms with Crippen LogP contribution in [0.15, 0.2) is 0 Å². The molecule has 8 heteroatoms. The van der Waals surface area contributed by atoms with Crippen LogP contribution in [-0.2, 0) is 9.59 Å². The van der Waals surface area contributed by atoms with Crippen molar-refractivity contribution in [1.29, 1.82) is 0 Å². The predicted octanol–water partition coefficient (Wildman–Crippen LogP) is 1.17. The number of thiol groups is 1. The van der Waals surface area contributed by atoms with Crippen molar-refractivity contribution < 1.29 is 27.9 Å². The van der Waals surface area contributed by atoms with Crippen molar-refractivity contribution >= 4 is 24.5 Å². The number of carboxylic acids is 1. The van der Waals surface area contributed by atoms with Gasteiger partial charge < -0.3 is 10.0 Å². The summed E-state index contributed by atoms with van der Waals surface area (Å²) in [5.41, 5.74) is 0. The van der Waals surface area contributed by atoms with Gasteiger partial charge >= 0.3 is 12.1 Å². The van der Waals surface area contributed by atoms with Gasteiger partial charge in [-0.1, -0.05) is 0 Å². The summed E-state index contributed by atoms with van der Waals surface area (Å²) in [6, 6.07) is -1.15. The summed E-state index contributed by atoms with van der Waals surface area (Å²) in [7, 11) is 0. The van der Waals surface area contributed by atoms with Gasteiger partial charge in [0.1, 0.15) is 12.0 Å². The van der Waals surface area contributed by atoms with Gasteiger partial charge in [-0.25, -0.2) is 4.79 Å². The Labute approximate surface area is 101 Å². The van der Waals surface area contributed by atoms with E-state index in [-0.39, 0.29) is 13.0 Å². The molecule has 0 spiro atoms. The van der Waals surface area contributed by atoms with E-state index in [1.807, 2.05) is 0 Å². The molecule has 0 aromatic heterocycles. The minimum atomic E-state index is -4.69. The van der Waals surface area contributed by atoms with Crippen LogP contribution in [0.2, 0.25) is 0 Å². The number of carbonyl (C=O) groups is 2. The highest BCUT2D eigenvalue weighted by molar-refractivity contribution is 7.80. The number of rotatable bonds is 3. The average molecular weight is 271 g/mol. The van der Waals surface area contributed by atoms with Crippen molar-refractivity contribution in [3.63, 3.8) is 0 Å². The van der Waals surface area contributed by atoms with Crippen LogP contribution in [0.4, 0.5) is 13.2 Å². The second-order valence-electron chi connectivity index (χ2n) is 3.80. The molecule has 1 unspecified atom stereocenters. The van der Waals surface area contributed by atoms with Crippen molar-refractivity contribution in [2.24, 2.45) is 5.92 Å².